The number of aryl methyl sites for hydroxylation is 1. The second-order valence-corrected chi connectivity index (χ2v) is 5.97. The molecule has 1 N–H and O–H groups in total. The lowest BCUT2D eigenvalue weighted by atomic mass is 10.1. The van der Waals surface area contributed by atoms with Crippen LogP contribution in [0.5, 0.6) is 5.75 Å². The van der Waals surface area contributed by atoms with Crippen LogP contribution in [-0.2, 0) is 0 Å². The average Bonchev–Trinajstić information content (AvgIpc) is 3.09. The van der Waals surface area contributed by atoms with Crippen molar-refractivity contribution >= 4 is 27.5 Å². The molecule has 24 heavy (non-hydrogen) atoms. The molecule has 2 aromatic carbocycles. The standard InChI is InChI=1S/C16H14BrN5O2/c1-10-7-11(3-5-14(10)22-9-18-20-21-22)16(23)19-13-8-12(17)4-6-15(13)24-2/h3-9H,1-2H3,(H,19,23). The number of amides is 1. The quantitative estimate of drug-likeness (QED) is 0.743. The van der Waals surface area contributed by atoms with Gasteiger partial charge in [0.2, 0.25) is 0 Å². The molecule has 0 atom stereocenters. The van der Waals surface area contributed by atoms with Crippen molar-refractivity contribution in [2.75, 3.05) is 12.4 Å². The molecule has 0 saturated heterocycles. The molecule has 0 fully saturated rings. The first-order valence-corrected chi connectivity index (χ1v) is 7.86. The zero-order valence-corrected chi connectivity index (χ0v) is 14.6. The summed E-state index contributed by atoms with van der Waals surface area (Å²) in [6, 6.07) is 10.7. The lowest BCUT2D eigenvalue weighted by molar-refractivity contribution is 0.102. The molecule has 0 aliphatic heterocycles. The number of anilines is 1. The van der Waals surface area contributed by atoms with Crippen molar-refractivity contribution < 1.29 is 9.53 Å². The van der Waals surface area contributed by atoms with Gasteiger partial charge in [-0.15, -0.1) is 5.10 Å². The third-order valence-corrected chi connectivity index (χ3v) is 3.96. The molecule has 3 aromatic rings. The van der Waals surface area contributed by atoms with Gasteiger partial charge in [0, 0.05) is 10.0 Å². The fourth-order valence-corrected chi connectivity index (χ4v) is 2.66. The van der Waals surface area contributed by atoms with Crippen LogP contribution in [-0.4, -0.2) is 33.2 Å². The number of benzene rings is 2. The minimum atomic E-state index is -0.224. The van der Waals surface area contributed by atoms with Gasteiger partial charge in [0.25, 0.3) is 5.91 Å². The zero-order chi connectivity index (χ0) is 17.1. The van der Waals surface area contributed by atoms with Crippen LogP contribution in [0.3, 0.4) is 0 Å². The maximum absolute atomic E-state index is 12.5. The highest BCUT2D eigenvalue weighted by Gasteiger charge is 2.12. The second kappa shape index (κ2) is 6.79. The topological polar surface area (TPSA) is 81.9 Å². The SMILES string of the molecule is COc1ccc(Br)cc1NC(=O)c1ccc(-n2cnnn2)c(C)c1. The van der Waals surface area contributed by atoms with E-state index in [-0.39, 0.29) is 5.91 Å². The molecule has 1 heterocycles. The Morgan fingerprint density at radius 1 is 1.25 bits per heavy atom. The van der Waals surface area contributed by atoms with E-state index in [1.54, 1.807) is 42.1 Å². The summed E-state index contributed by atoms with van der Waals surface area (Å²) in [5.41, 5.74) is 2.83. The molecule has 0 radical (unpaired) electrons. The van der Waals surface area contributed by atoms with Crippen molar-refractivity contribution in [3.8, 4) is 11.4 Å². The number of carbonyl (C=O) groups excluding carboxylic acids is 1. The third-order valence-electron chi connectivity index (χ3n) is 3.46. The molecule has 0 spiro atoms. The monoisotopic (exact) mass is 387 g/mol. The molecular weight excluding hydrogens is 374 g/mol. The number of halogens is 1. The number of hydrogen-bond acceptors (Lipinski definition) is 5. The van der Waals surface area contributed by atoms with Crippen LogP contribution in [0, 0.1) is 6.92 Å². The van der Waals surface area contributed by atoms with E-state index in [9.17, 15) is 4.79 Å². The average molecular weight is 388 g/mol. The summed E-state index contributed by atoms with van der Waals surface area (Å²) in [7, 11) is 1.56. The van der Waals surface area contributed by atoms with Gasteiger partial charge in [-0.2, -0.15) is 0 Å². The Bertz CT molecular complexity index is 880. The number of carbonyl (C=O) groups is 1. The maximum Gasteiger partial charge on any atom is 0.255 e. The van der Waals surface area contributed by atoms with E-state index in [4.69, 9.17) is 4.74 Å². The normalized spacial score (nSPS) is 10.5. The Balaban J connectivity index is 1.86. The molecule has 0 unspecified atom stereocenters. The first-order chi connectivity index (χ1) is 11.6. The van der Waals surface area contributed by atoms with Gasteiger partial charge >= 0.3 is 0 Å². The first kappa shape index (κ1) is 16.1. The van der Waals surface area contributed by atoms with Crippen LogP contribution in [0.1, 0.15) is 15.9 Å². The van der Waals surface area contributed by atoms with Gasteiger partial charge < -0.3 is 10.1 Å². The number of ether oxygens (including phenoxy) is 1. The van der Waals surface area contributed by atoms with Crippen LogP contribution in [0.15, 0.2) is 47.2 Å². The Hall–Kier alpha value is -2.74. The van der Waals surface area contributed by atoms with E-state index in [1.165, 1.54) is 6.33 Å². The number of aromatic nitrogens is 4. The molecule has 7 nitrogen and oxygen atoms in total. The number of nitrogens with zero attached hydrogens (tertiary/aromatic N) is 4. The maximum atomic E-state index is 12.5. The van der Waals surface area contributed by atoms with Crippen LogP contribution < -0.4 is 10.1 Å². The summed E-state index contributed by atoms with van der Waals surface area (Å²) in [6.45, 7) is 1.90. The van der Waals surface area contributed by atoms with Crippen LogP contribution in [0.2, 0.25) is 0 Å². The van der Waals surface area contributed by atoms with Gasteiger partial charge in [0.05, 0.1) is 18.5 Å². The van der Waals surface area contributed by atoms with Crippen molar-refractivity contribution in [3.63, 3.8) is 0 Å². The van der Waals surface area contributed by atoms with Gasteiger partial charge in [-0.05, 0) is 59.3 Å². The van der Waals surface area contributed by atoms with Crippen LogP contribution >= 0.6 is 15.9 Å². The van der Waals surface area contributed by atoms with Gasteiger partial charge in [-0.1, -0.05) is 15.9 Å². The Morgan fingerprint density at radius 3 is 2.75 bits per heavy atom. The van der Waals surface area contributed by atoms with Crippen molar-refractivity contribution in [2.45, 2.75) is 6.92 Å². The number of methoxy groups -OCH3 is 1. The van der Waals surface area contributed by atoms with E-state index in [1.807, 2.05) is 13.0 Å². The number of hydrogen-bond donors (Lipinski definition) is 1. The minimum absolute atomic E-state index is 0.224. The molecule has 8 heteroatoms. The van der Waals surface area contributed by atoms with E-state index in [0.717, 1.165) is 15.7 Å². The summed E-state index contributed by atoms with van der Waals surface area (Å²) >= 11 is 3.39. The van der Waals surface area contributed by atoms with Crippen molar-refractivity contribution in [3.05, 3.63) is 58.3 Å². The number of tetrazole rings is 1. The first-order valence-electron chi connectivity index (χ1n) is 7.07. The molecule has 0 saturated carbocycles. The fraction of sp³-hybridized carbons (Fsp3) is 0.125. The molecule has 122 valence electrons. The van der Waals surface area contributed by atoms with Gasteiger partial charge in [0.1, 0.15) is 12.1 Å². The summed E-state index contributed by atoms with van der Waals surface area (Å²) in [6.07, 6.45) is 1.51. The predicted octanol–water partition coefficient (Wildman–Crippen LogP) is 2.99. The summed E-state index contributed by atoms with van der Waals surface area (Å²) < 4.78 is 7.67. The molecule has 0 bridgehead atoms. The minimum Gasteiger partial charge on any atom is -0.495 e. The van der Waals surface area contributed by atoms with Crippen molar-refractivity contribution in [1.29, 1.82) is 0 Å². The summed E-state index contributed by atoms with van der Waals surface area (Å²) in [5, 5.41) is 13.9. The molecule has 0 aliphatic carbocycles. The van der Waals surface area contributed by atoms with Gasteiger partial charge in [-0.25, -0.2) is 4.68 Å². The number of nitrogens with one attached hydrogen (secondary N) is 1. The smallest absolute Gasteiger partial charge is 0.255 e. The van der Waals surface area contributed by atoms with E-state index < -0.39 is 0 Å². The highest BCUT2D eigenvalue weighted by molar-refractivity contribution is 9.10. The predicted molar refractivity (Wildman–Crippen MR) is 92.5 cm³/mol. The molecule has 0 aliphatic rings. The zero-order valence-electron chi connectivity index (χ0n) is 13.0. The summed E-state index contributed by atoms with van der Waals surface area (Å²) in [4.78, 5) is 12.5. The highest BCUT2D eigenvalue weighted by Crippen LogP contribution is 2.28. The lowest BCUT2D eigenvalue weighted by Crippen LogP contribution is -2.13. The Labute approximate surface area is 146 Å². The van der Waals surface area contributed by atoms with E-state index in [0.29, 0.717) is 17.0 Å². The highest BCUT2D eigenvalue weighted by atomic mass is 79.9. The van der Waals surface area contributed by atoms with Crippen LogP contribution in [0.4, 0.5) is 5.69 Å². The Morgan fingerprint density at radius 2 is 2.08 bits per heavy atom. The third kappa shape index (κ3) is 3.28. The van der Waals surface area contributed by atoms with Gasteiger partial charge in [0.15, 0.2) is 0 Å². The molecule has 1 amide bonds. The van der Waals surface area contributed by atoms with Crippen LogP contribution in [0.25, 0.3) is 5.69 Å². The Kier molecular flexibility index (Phi) is 4.57. The second-order valence-electron chi connectivity index (χ2n) is 5.05. The molecule has 1 aromatic heterocycles. The van der Waals surface area contributed by atoms with Gasteiger partial charge in [-0.3, -0.25) is 4.79 Å². The fourth-order valence-electron chi connectivity index (χ4n) is 2.30. The largest absolute Gasteiger partial charge is 0.495 e. The van der Waals surface area contributed by atoms with E-state index in [2.05, 4.69) is 36.8 Å². The van der Waals surface area contributed by atoms with Crippen molar-refractivity contribution in [1.82, 2.24) is 20.2 Å². The lowest BCUT2D eigenvalue weighted by Gasteiger charge is -2.12. The molecular formula is C16H14BrN5O2. The number of rotatable bonds is 4. The summed E-state index contributed by atoms with van der Waals surface area (Å²) in [5.74, 6) is 0.367. The van der Waals surface area contributed by atoms with E-state index >= 15 is 0 Å². The molecule has 3 rings (SSSR count). The van der Waals surface area contributed by atoms with Crippen molar-refractivity contribution in [2.24, 2.45) is 0 Å².